The topological polar surface area (TPSA) is 87.5 Å². The van der Waals surface area contributed by atoms with Gasteiger partial charge in [-0.3, -0.25) is 9.59 Å². The number of nitrogens with zero attached hydrogens (tertiary/aromatic N) is 1. The third kappa shape index (κ3) is 5.93. The number of amides is 2. The Balaban J connectivity index is 1.27. The Morgan fingerprint density at radius 3 is 2.18 bits per heavy atom. The zero-order valence-electron chi connectivity index (χ0n) is 21.4. The molecule has 6 nitrogen and oxygen atoms in total. The molecule has 1 aliphatic rings. The molecule has 4 aromatic rings. The van der Waals surface area contributed by atoms with Crippen LogP contribution in [0.2, 0.25) is 0 Å². The molecule has 4 aromatic carbocycles. The molecule has 0 aliphatic carbocycles. The summed E-state index contributed by atoms with van der Waals surface area (Å²) in [6, 6.07) is 33.8. The van der Waals surface area contributed by atoms with Gasteiger partial charge in [0.15, 0.2) is 0 Å². The largest absolute Gasteiger partial charge is 0.350 e. The lowest BCUT2D eigenvalue weighted by atomic mass is 9.90. The Hall–Kier alpha value is -4.00. The molecule has 0 spiro atoms. The van der Waals surface area contributed by atoms with Crippen LogP contribution < -0.4 is 16.4 Å². The maximum atomic E-state index is 13.5. The van der Waals surface area contributed by atoms with Crippen molar-refractivity contribution in [2.45, 2.75) is 24.4 Å². The number of hydrogen-bond donors (Lipinski definition) is 3. The first-order chi connectivity index (χ1) is 18.6. The highest BCUT2D eigenvalue weighted by Gasteiger charge is 2.32. The van der Waals surface area contributed by atoms with Crippen LogP contribution in [0.3, 0.4) is 0 Å². The van der Waals surface area contributed by atoms with Crippen molar-refractivity contribution in [1.29, 1.82) is 0 Å². The van der Waals surface area contributed by atoms with E-state index in [-0.39, 0.29) is 30.3 Å². The van der Waals surface area contributed by atoms with E-state index < -0.39 is 6.04 Å². The molecule has 6 heteroatoms. The third-order valence-electron chi connectivity index (χ3n) is 7.36. The smallest absolute Gasteiger partial charge is 0.251 e. The van der Waals surface area contributed by atoms with Crippen LogP contribution in [-0.2, 0) is 4.79 Å². The van der Waals surface area contributed by atoms with E-state index in [4.69, 9.17) is 5.73 Å². The number of carbonyl (C=O) groups excluding carboxylic acids is 2. The van der Waals surface area contributed by atoms with Gasteiger partial charge in [-0.25, -0.2) is 0 Å². The van der Waals surface area contributed by atoms with Gasteiger partial charge in [-0.1, -0.05) is 91.0 Å². The molecule has 38 heavy (non-hydrogen) atoms. The van der Waals surface area contributed by atoms with E-state index in [2.05, 4.69) is 34.9 Å². The highest BCUT2D eigenvalue weighted by molar-refractivity contribution is 5.98. The zero-order chi connectivity index (χ0) is 26.3. The van der Waals surface area contributed by atoms with Crippen LogP contribution in [0, 0.1) is 0 Å². The molecule has 2 amide bonds. The Labute approximate surface area is 223 Å². The van der Waals surface area contributed by atoms with E-state index in [0.717, 1.165) is 17.2 Å². The average Bonchev–Trinajstić information content (AvgIpc) is 3.13. The molecule has 4 N–H and O–H groups in total. The van der Waals surface area contributed by atoms with Gasteiger partial charge in [0.25, 0.3) is 5.91 Å². The molecule has 1 saturated heterocycles. The van der Waals surface area contributed by atoms with Crippen molar-refractivity contribution < 1.29 is 9.59 Å². The minimum absolute atomic E-state index is 0.00715. The van der Waals surface area contributed by atoms with Crippen molar-refractivity contribution in [2.75, 3.05) is 26.2 Å². The minimum Gasteiger partial charge on any atom is -0.350 e. The number of nitrogens with one attached hydrogen (secondary N) is 2. The first-order valence-electron chi connectivity index (χ1n) is 13.2. The van der Waals surface area contributed by atoms with Crippen LogP contribution in [0.4, 0.5) is 0 Å². The van der Waals surface area contributed by atoms with E-state index in [0.29, 0.717) is 25.2 Å². The molecular formula is C32H34N4O2. The standard InChI is InChI=1S/C32H34N4O2/c33-20-30-32(38)36(22-29(24-10-3-1-4-11-24)25-12-5-2-6-13-25)18-17-28(35-30)21-34-31(37)27-16-15-23-9-7-8-14-26(23)19-27/h1-16,19,28-30,35H,17-18,20-22,33H2,(H,34,37)/t28-,30-/m1/s1. The summed E-state index contributed by atoms with van der Waals surface area (Å²) < 4.78 is 0. The molecule has 0 bridgehead atoms. The highest BCUT2D eigenvalue weighted by atomic mass is 16.2. The highest BCUT2D eigenvalue weighted by Crippen LogP contribution is 2.26. The second kappa shape index (κ2) is 12.0. The number of carbonyl (C=O) groups is 2. The first kappa shape index (κ1) is 25.6. The number of fused-ring (bicyclic) bond motifs is 1. The fourth-order valence-corrected chi connectivity index (χ4v) is 5.24. The summed E-state index contributed by atoms with van der Waals surface area (Å²) in [7, 11) is 0. The molecule has 0 aromatic heterocycles. The van der Waals surface area contributed by atoms with Crippen LogP contribution in [0.5, 0.6) is 0 Å². The monoisotopic (exact) mass is 506 g/mol. The van der Waals surface area contributed by atoms with Crippen molar-refractivity contribution >= 4 is 22.6 Å². The van der Waals surface area contributed by atoms with Gasteiger partial charge in [0, 0.05) is 43.7 Å². The maximum absolute atomic E-state index is 13.5. The van der Waals surface area contributed by atoms with Crippen molar-refractivity contribution in [3.63, 3.8) is 0 Å². The fraction of sp³-hybridized carbons (Fsp3) is 0.250. The van der Waals surface area contributed by atoms with Crippen molar-refractivity contribution in [3.05, 3.63) is 120 Å². The first-order valence-corrected chi connectivity index (χ1v) is 13.2. The summed E-state index contributed by atoms with van der Waals surface area (Å²) in [5.41, 5.74) is 9.01. The third-order valence-corrected chi connectivity index (χ3v) is 7.36. The molecule has 0 radical (unpaired) electrons. The summed E-state index contributed by atoms with van der Waals surface area (Å²) in [6.07, 6.45) is 0.719. The van der Waals surface area contributed by atoms with Crippen LogP contribution in [0.25, 0.3) is 10.8 Å². The predicted molar refractivity (Wildman–Crippen MR) is 152 cm³/mol. The van der Waals surface area contributed by atoms with Crippen molar-refractivity contribution in [3.8, 4) is 0 Å². The quantitative estimate of drug-likeness (QED) is 0.338. The Kier molecular flexibility index (Phi) is 8.12. The summed E-state index contributed by atoms with van der Waals surface area (Å²) in [5, 5.41) is 8.59. The van der Waals surface area contributed by atoms with Crippen LogP contribution in [-0.4, -0.2) is 55.0 Å². The van der Waals surface area contributed by atoms with E-state index >= 15 is 0 Å². The maximum Gasteiger partial charge on any atom is 0.251 e. The Bertz CT molecular complexity index is 1340. The zero-order valence-corrected chi connectivity index (χ0v) is 21.4. The van der Waals surface area contributed by atoms with Gasteiger partial charge < -0.3 is 21.3 Å². The Morgan fingerprint density at radius 1 is 0.895 bits per heavy atom. The van der Waals surface area contributed by atoms with Crippen LogP contribution >= 0.6 is 0 Å². The average molecular weight is 507 g/mol. The van der Waals surface area contributed by atoms with E-state index in [9.17, 15) is 9.59 Å². The molecule has 1 aliphatic heterocycles. The van der Waals surface area contributed by atoms with E-state index in [1.54, 1.807) is 0 Å². The Morgan fingerprint density at radius 2 is 1.53 bits per heavy atom. The minimum atomic E-state index is -0.493. The molecule has 0 saturated carbocycles. The van der Waals surface area contributed by atoms with Gasteiger partial charge in [-0.05, 0) is 40.5 Å². The van der Waals surface area contributed by atoms with Crippen LogP contribution in [0.1, 0.15) is 33.8 Å². The van der Waals surface area contributed by atoms with Gasteiger partial charge in [0.2, 0.25) is 5.91 Å². The van der Waals surface area contributed by atoms with Gasteiger partial charge in [0.05, 0.1) is 6.04 Å². The lowest BCUT2D eigenvalue weighted by Gasteiger charge is -2.29. The van der Waals surface area contributed by atoms with Gasteiger partial charge in [-0.2, -0.15) is 0 Å². The molecule has 1 fully saturated rings. The SMILES string of the molecule is NC[C@H]1N[C@@H](CNC(=O)c2ccc3ccccc3c2)CCN(CC(c2ccccc2)c2ccccc2)C1=O. The molecule has 5 rings (SSSR count). The lowest BCUT2D eigenvalue weighted by molar-refractivity contribution is -0.132. The van der Waals surface area contributed by atoms with E-state index in [1.165, 1.54) is 11.1 Å². The molecular weight excluding hydrogens is 472 g/mol. The molecule has 0 unspecified atom stereocenters. The second-order valence-corrected chi connectivity index (χ2v) is 9.87. The molecule has 2 atom stereocenters. The summed E-state index contributed by atoms with van der Waals surface area (Å²) in [5.74, 6) is -0.0563. The van der Waals surface area contributed by atoms with Crippen molar-refractivity contribution in [1.82, 2.24) is 15.5 Å². The predicted octanol–water partition coefficient (Wildman–Crippen LogP) is 3.92. The summed E-state index contributed by atoms with van der Waals surface area (Å²) in [6.45, 7) is 1.78. The van der Waals surface area contributed by atoms with Crippen molar-refractivity contribution in [2.24, 2.45) is 5.73 Å². The van der Waals surface area contributed by atoms with Crippen LogP contribution in [0.15, 0.2) is 103 Å². The number of benzene rings is 4. The summed E-state index contributed by atoms with van der Waals surface area (Å²) in [4.78, 5) is 28.3. The number of nitrogens with two attached hydrogens (primary N) is 1. The normalized spacial score (nSPS) is 17.9. The molecule has 1 heterocycles. The fourth-order valence-electron chi connectivity index (χ4n) is 5.24. The van der Waals surface area contributed by atoms with Gasteiger partial charge in [0.1, 0.15) is 0 Å². The lowest BCUT2D eigenvalue weighted by Crippen LogP contribution is -2.52. The summed E-state index contributed by atoms with van der Waals surface area (Å²) >= 11 is 0. The van der Waals surface area contributed by atoms with E-state index in [1.807, 2.05) is 83.8 Å². The van der Waals surface area contributed by atoms with Gasteiger partial charge in [-0.15, -0.1) is 0 Å². The number of hydrogen-bond acceptors (Lipinski definition) is 4. The number of rotatable bonds is 8. The van der Waals surface area contributed by atoms with Gasteiger partial charge >= 0.3 is 0 Å². The molecule has 194 valence electrons. The second-order valence-electron chi connectivity index (χ2n) is 9.87.